The number of likely N-dealkylation sites (N-methyl/N-ethyl adjacent to an activating group) is 1. The molecule has 1 N–H and O–H groups in total. The molecule has 0 aliphatic carbocycles. The molecule has 0 unspecified atom stereocenters. The Kier molecular flexibility index (Phi) is 6.68. The standard InChI is InChI=1S/C15H20ClFN2O/c1-4-19(10-11(2)3)8-7-15(20)18-14-6-5-12(16)9-13(14)17/h5-6,9H,2,4,7-8,10H2,1,3H3,(H,18,20). The summed E-state index contributed by atoms with van der Waals surface area (Å²) >= 11 is 5.66. The summed E-state index contributed by atoms with van der Waals surface area (Å²) in [5.74, 6) is -0.744. The number of halogens is 2. The minimum absolute atomic E-state index is 0.155. The first-order chi connectivity index (χ1) is 9.42. The van der Waals surface area contributed by atoms with E-state index in [0.29, 0.717) is 18.0 Å². The van der Waals surface area contributed by atoms with Crippen LogP contribution in [0.4, 0.5) is 10.1 Å². The third-order valence-electron chi connectivity index (χ3n) is 2.80. The van der Waals surface area contributed by atoms with Crippen molar-refractivity contribution >= 4 is 23.2 Å². The molecule has 0 aromatic heterocycles. The van der Waals surface area contributed by atoms with Crippen LogP contribution in [0.15, 0.2) is 30.4 Å². The summed E-state index contributed by atoms with van der Waals surface area (Å²) in [6, 6.07) is 4.18. The number of carbonyl (C=O) groups is 1. The van der Waals surface area contributed by atoms with Crippen molar-refractivity contribution in [1.82, 2.24) is 4.90 Å². The van der Waals surface area contributed by atoms with E-state index < -0.39 is 5.82 Å². The summed E-state index contributed by atoms with van der Waals surface area (Å²) in [7, 11) is 0. The van der Waals surface area contributed by atoms with E-state index in [2.05, 4.69) is 16.8 Å². The van der Waals surface area contributed by atoms with Crippen molar-refractivity contribution in [2.75, 3.05) is 25.0 Å². The van der Waals surface area contributed by atoms with Crippen molar-refractivity contribution in [3.63, 3.8) is 0 Å². The molecule has 0 fully saturated rings. The first-order valence-electron chi connectivity index (χ1n) is 6.54. The van der Waals surface area contributed by atoms with Crippen LogP contribution in [0.3, 0.4) is 0 Å². The molecule has 0 saturated heterocycles. The molecule has 0 aliphatic rings. The Morgan fingerprint density at radius 2 is 2.20 bits per heavy atom. The molecule has 0 radical (unpaired) electrons. The topological polar surface area (TPSA) is 32.3 Å². The van der Waals surface area contributed by atoms with Crippen molar-refractivity contribution in [2.45, 2.75) is 20.3 Å². The molecule has 1 rings (SSSR count). The Morgan fingerprint density at radius 3 is 2.75 bits per heavy atom. The Bertz CT molecular complexity index is 491. The number of amides is 1. The number of hydrogen-bond donors (Lipinski definition) is 1. The lowest BCUT2D eigenvalue weighted by Crippen LogP contribution is -2.29. The average molecular weight is 299 g/mol. The highest BCUT2D eigenvalue weighted by atomic mass is 35.5. The molecule has 1 amide bonds. The number of hydrogen-bond acceptors (Lipinski definition) is 2. The lowest BCUT2D eigenvalue weighted by Gasteiger charge is -2.20. The smallest absolute Gasteiger partial charge is 0.225 e. The fraction of sp³-hybridized carbons (Fsp3) is 0.400. The van der Waals surface area contributed by atoms with Crippen LogP contribution in [0, 0.1) is 5.82 Å². The van der Waals surface area contributed by atoms with E-state index in [1.165, 1.54) is 12.1 Å². The van der Waals surface area contributed by atoms with Gasteiger partial charge in [-0.3, -0.25) is 9.69 Å². The fourth-order valence-corrected chi connectivity index (χ4v) is 1.95. The highest BCUT2D eigenvalue weighted by molar-refractivity contribution is 6.30. The molecule has 5 heteroatoms. The van der Waals surface area contributed by atoms with Crippen LogP contribution < -0.4 is 5.32 Å². The maximum Gasteiger partial charge on any atom is 0.225 e. The molecular weight excluding hydrogens is 279 g/mol. The summed E-state index contributed by atoms with van der Waals surface area (Å²) in [6.07, 6.45) is 0.309. The minimum atomic E-state index is -0.528. The lowest BCUT2D eigenvalue weighted by molar-refractivity contribution is -0.116. The second-order valence-corrected chi connectivity index (χ2v) is 5.18. The average Bonchev–Trinajstić information content (AvgIpc) is 2.37. The van der Waals surface area contributed by atoms with E-state index >= 15 is 0 Å². The van der Waals surface area contributed by atoms with Crippen molar-refractivity contribution < 1.29 is 9.18 Å². The fourth-order valence-electron chi connectivity index (χ4n) is 1.79. The van der Waals surface area contributed by atoms with E-state index in [-0.39, 0.29) is 11.6 Å². The van der Waals surface area contributed by atoms with Crippen molar-refractivity contribution in [2.24, 2.45) is 0 Å². The summed E-state index contributed by atoms with van der Waals surface area (Å²) in [5, 5.41) is 2.85. The number of rotatable bonds is 7. The monoisotopic (exact) mass is 298 g/mol. The third-order valence-corrected chi connectivity index (χ3v) is 3.04. The highest BCUT2D eigenvalue weighted by Crippen LogP contribution is 2.18. The van der Waals surface area contributed by atoms with Crippen LogP contribution in [0.25, 0.3) is 0 Å². The zero-order valence-electron chi connectivity index (χ0n) is 11.9. The Balaban J connectivity index is 2.49. The molecule has 0 atom stereocenters. The highest BCUT2D eigenvalue weighted by Gasteiger charge is 2.09. The molecule has 1 aromatic rings. The van der Waals surface area contributed by atoms with Crippen LogP contribution in [-0.4, -0.2) is 30.4 Å². The molecule has 110 valence electrons. The number of carbonyl (C=O) groups excluding carboxylic acids is 1. The molecule has 3 nitrogen and oxygen atoms in total. The maximum absolute atomic E-state index is 13.5. The Labute approximate surface area is 124 Å². The normalized spacial score (nSPS) is 10.7. The van der Waals surface area contributed by atoms with Crippen LogP contribution in [0.5, 0.6) is 0 Å². The SMILES string of the molecule is C=C(C)CN(CC)CCC(=O)Nc1ccc(Cl)cc1F. The third kappa shape index (κ3) is 5.72. The molecule has 20 heavy (non-hydrogen) atoms. The zero-order valence-corrected chi connectivity index (χ0v) is 12.6. The Hall–Kier alpha value is -1.39. The second kappa shape index (κ2) is 8.02. The van der Waals surface area contributed by atoms with E-state index in [0.717, 1.165) is 18.7 Å². The van der Waals surface area contributed by atoms with Crippen LogP contribution in [-0.2, 0) is 4.79 Å². The number of nitrogens with zero attached hydrogens (tertiary/aromatic N) is 1. The van der Waals surface area contributed by atoms with Crippen molar-refractivity contribution in [3.8, 4) is 0 Å². The minimum Gasteiger partial charge on any atom is -0.324 e. The van der Waals surface area contributed by atoms with Gasteiger partial charge in [0, 0.05) is 24.5 Å². The van der Waals surface area contributed by atoms with E-state index in [1.54, 1.807) is 6.07 Å². The quantitative estimate of drug-likeness (QED) is 0.778. The van der Waals surface area contributed by atoms with E-state index in [4.69, 9.17) is 11.6 Å². The predicted octanol–water partition coefficient (Wildman–Crippen LogP) is 3.71. The second-order valence-electron chi connectivity index (χ2n) is 4.75. The van der Waals surface area contributed by atoms with E-state index in [1.807, 2.05) is 13.8 Å². The van der Waals surface area contributed by atoms with Gasteiger partial charge in [0.15, 0.2) is 0 Å². The van der Waals surface area contributed by atoms with Gasteiger partial charge in [-0.2, -0.15) is 0 Å². The van der Waals surface area contributed by atoms with Gasteiger partial charge in [-0.15, -0.1) is 0 Å². The molecule has 1 aromatic carbocycles. The van der Waals surface area contributed by atoms with Crippen molar-refractivity contribution in [3.05, 3.63) is 41.2 Å². The van der Waals surface area contributed by atoms with Crippen molar-refractivity contribution in [1.29, 1.82) is 0 Å². The largest absolute Gasteiger partial charge is 0.324 e. The summed E-state index contributed by atoms with van der Waals surface area (Å²) in [6.45, 7) is 10.1. The van der Waals surface area contributed by atoms with Crippen LogP contribution >= 0.6 is 11.6 Å². The van der Waals surface area contributed by atoms with Gasteiger partial charge in [0.1, 0.15) is 5.82 Å². The van der Waals surface area contributed by atoms with Gasteiger partial charge < -0.3 is 5.32 Å². The van der Waals surface area contributed by atoms with Crippen LogP contribution in [0.2, 0.25) is 5.02 Å². The first kappa shape index (κ1) is 16.7. The molecule has 0 heterocycles. The molecule has 0 aliphatic heterocycles. The van der Waals surface area contributed by atoms with Gasteiger partial charge in [0.05, 0.1) is 5.69 Å². The summed E-state index contributed by atoms with van der Waals surface area (Å²) in [5.41, 5.74) is 1.21. The van der Waals surface area contributed by atoms with E-state index in [9.17, 15) is 9.18 Å². The van der Waals surface area contributed by atoms with Gasteiger partial charge in [0.25, 0.3) is 0 Å². The number of anilines is 1. The predicted molar refractivity (Wildman–Crippen MR) is 81.6 cm³/mol. The molecular formula is C15H20ClFN2O. The lowest BCUT2D eigenvalue weighted by atomic mass is 10.2. The molecule has 0 saturated carbocycles. The number of nitrogens with one attached hydrogen (secondary N) is 1. The zero-order chi connectivity index (χ0) is 15.1. The summed E-state index contributed by atoms with van der Waals surface area (Å²) in [4.78, 5) is 13.9. The number of benzene rings is 1. The maximum atomic E-state index is 13.5. The summed E-state index contributed by atoms with van der Waals surface area (Å²) < 4.78 is 13.5. The first-order valence-corrected chi connectivity index (χ1v) is 6.91. The van der Waals surface area contributed by atoms with Crippen LogP contribution in [0.1, 0.15) is 20.3 Å². The van der Waals surface area contributed by atoms with Gasteiger partial charge in [0.2, 0.25) is 5.91 Å². The van der Waals surface area contributed by atoms with Gasteiger partial charge in [-0.1, -0.05) is 30.7 Å². The van der Waals surface area contributed by atoms with Gasteiger partial charge >= 0.3 is 0 Å². The molecule has 0 bridgehead atoms. The van der Waals surface area contributed by atoms with Gasteiger partial charge in [-0.05, 0) is 31.7 Å². The van der Waals surface area contributed by atoms with Gasteiger partial charge in [-0.25, -0.2) is 4.39 Å². The Morgan fingerprint density at radius 1 is 1.50 bits per heavy atom. The molecule has 0 spiro atoms.